The van der Waals surface area contributed by atoms with E-state index < -0.39 is 0 Å². The second-order valence-electron chi connectivity index (χ2n) is 15.8. The highest BCUT2D eigenvalue weighted by atomic mass is 16.3. The van der Waals surface area contributed by atoms with Gasteiger partial charge in [-0.2, -0.15) is 0 Å². The normalized spacial score (nSPS) is 14.0. The van der Waals surface area contributed by atoms with Gasteiger partial charge in [0, 0.05) is 38.6 Å². The van der Waals surface area contributed by atoms with Crippen LogP contribution >= 0.6 is 0 Å². The van der Waals surface area contributed by atoms with E-state index in [1.54, 1.807) is 0 Å². The molecule has 0 radical (unpaired) electrons. The summed E-state index contributed by atoms with van der Waals surface area (Å²) in [5.74, 6) is 0. The van der Waals surface area contributed by atoms with Crippen LogP contribution in [-0.4, -0.2) is 11.3 Å². The van der Waals surface area contributed by atoms with E-state index in [0.29, 0.717) is 0 Å². The number of para-hydroxylation sites is 5. The molecule has 0 spiro atoms. The standard InChI is InChI=1S/C47H34BN3O/c1-27-24-40-43-41(25-27)51-37-18-9-14-31-29-12-5-7-17-35(29)50(44(31)37)38-19-11-16-33(45(38)51)48(43)34-26-28(47(2,3)4)22-23-36(34)49(40)39-20-10-15-32-30-13-6-8-21-42(30)52-46(32)39/h5-26H,1-4H3. The first-order chi connectivity index (χ1) is 25.4. The highest BCUT2D eigenvalue weighted by Crippen LogP contribution is 2.53. The number of aryl methyl sites for hydroxylation is 1. The van der Waals surface area contributed by atoms with Gasteiger partial charge in [-0.15, -0.1) is 0 Å². The van der Waals surface area contributed by atoms with Gasteiger partial charge in [0.15, 0.2) is 5.58 Å². The summed E-state index contributed by atoms with van der Waals surface area (Å²) < 4.78 is 9.26. The van der Waals surface area contributed by atoms with Gasteiger partial charge in [0.2, 0.25) is 0 Å². The van der Waals surface area contributed by atoms with Crippen LogP contribution in [0.4, 0.5) is 34.1 Å². The number of hydrogen-bond acceptors (Lipinski definition) is 3. The fraction of sp³-hybridized carbons (Fsp3) is 0.106. The molecular weight excluding hydrogens is 633 g/mol. The van der Waals surface area contributed by atoms with Gasteiger partial charge in [-0.05, 0) is 88.4 Å². The van der Waals surface area contributed by atoms with Crippen molar-refractivity contribution in [3.05, 3.63) is 145 Å². The first-order valence-corrected chi connectivity index (χ1v) is 18.3. The highest BCUT2D eigenvalue weighted by molar-refractivity contribution is 7.00. The van der Waals surface area contributed by atoms with Crippen molar-refractivity contribution in [2.75, 3.05) is 9.80 Å². The molecular formula is C47H34BN3O. The molecule has 0 amide bonds. The molecule has 0 atom stereocenters. The number of rotatable bonds is 1. The summed E-state index contributed by atoms with van der Waals surface area (Å²) in [6, 6.07) is 49.7. The first-order valence-electron chi connectivity index (χ1n) is 18.3. The van der Waals surface area contributed by atoms with Crippen molar-refractivity contribution in [2.45, 2.75) is 33.1 Å². The van der Waals surface area contributed by atoms with Crippen LogP contribution in [0.3, 0.4) is 0 Å². The van der Waals surface area contributed by atoms with Crippen molar-refractivity contribution in [2.24, 2.45) is 0 Å². The molecule has 52 heavy (non-hydrogen) atoms. The minimum absolute atomic E-state index is 0.0135. The molecule has 0 unspecified atom stereocenters. The molecule has 0 fully saturated rings. The molecule has 3 aliphatic heterocycles. The van der Waals surface area contributed by atoms with Gasteiger partial charge < -0.3 is 18.8 Å². The third-order valence-corrected chi connectivity index (χ3v) is 11.9. The lowest BCUT2D eigenvalue weighted by molar-refractivity contribution is 0.591. The molecule has 0 saturated carbocycles. The van der Waals surface area contributed by atoms with Crippen molar-refractivity contribution >= 4 is 101 Å². The van der Waals surface area contributed by atoms with E-state index in [1.807, 2.05) is 0 Å². The van der Waals surface area contributed by atoms with Gasteiger partial charge in [-0.1, -0.05) is 106 Å². The van der Waals surface area contributed by atoms with Crippen molar-refractivity contribution in [1.29, 1.82) is 0 Å². The molecule has 5 heterocycles. The first kappa shape index (κ1) is 28.5. The maximum Gasteiger partial charge on any atom is 0.252 e. The minimum Gasteiger partial charge on any atom is -0.454 e. The Morgan fingerprint density at radius 2 is 1.23 bits per heavy atom. The Morgan fingerprint density at radius 1 is 0.538 bits per heavy atom. The number of aromatic nitrogens is 1. The van der Waals surface area contributed by atoms with Crippen LogP contribution in [0.1, 0.15) is 31.9 Å². The molecule has 2 aromatic heterocycles. The Hall–Kier alpha value is -6.20. The number of nitrogens with zero attached hydrogens (tertiary/aromatic N) is 3. The number of furan rings is 1. The van der Waals surface area contributed by atoms with Crippen LogP contribution < -0.4 is 26.2 Å². The molecule has 5 heteroatoms. The predicted molar refractivity (Wildman–Crippen MR) is 219 cm³/mol. The number of hydrogen-bond donors (Lipinski definition) is 0. The van der Waals surface area contributed by atoms with Crippen molar-refractivity contribution in [1.82, 2.24) is 4.57 Å². The van der Waals surface area contributed by atoms with Crippen molar-refractivity contribution in [3.8, 4) is 5.69 Å². The number of anilines is 6. The summed E-state index contributed by atoms with van der Waals surface area (Å²) in [6.45, 7) is 9.24. The molecule has 12 rings (SSSR count). The van der Waals surface area contributed by atoms with Gasteiger partial charge in [-0.3, -0.25) is 0 Å². The van der Waals surface area contributed by atoms with E-state index in [1.165, 1.54) is 83.4 Å². The third kappa shape index (κ3) is 3.44. The predicted octanol–water partition coefficient (Wildman–Crippen LogP) is 10.7. The maximum atomic E-state index is 6.75. The van der Waals surface area contributed by atoms with E-state index >= 15 is 0 Å². The Morgan fingerprint density at radius 3 is 2.08 bits per heavy atom. The Bertz CT molecular complexity index is 3030. The summed E-state index contributed by atoms with van der Waals surface area (Å²) in [5.41, 5.74) is 19.3. The summed E-state index contributed by atoms with van der Waals surface area (Å²) in [4.78, 5) is 5.07. The largest absolute Gasteiger partial charge is 0.454 e. The van der Waals surface area contributed by atoms with Crippen LogP contribution in [0.5, 0.6) is 0 Å². The third-order valence-electron chi connectivity index (χ3n) is 11.9. The lowest BCUT2D eigenvalue weighted by atomic mass is 9.33. The average Bonchev–Trinajstić information content (AvgIpc) is 3.70. The minimum atomic E-state index is -0.0135. The monoisotopic (exact) mass is 667 g/mol. The van der Waals surface area contributed by atoms with Crippen LogP contribution in [0.25, 0.3) is 49.4 Å². The van der Waals surface area contributed by atoms with E-state index in [-0.39, 0.29) is 12.1 Å². The lowest BCUT2D eigenvalue weighted by Crippen LogP contribution is -2.62. The topological polar surface area (TPSA) is 24.6 Å². The zero-order chi connectivity index (χ0) is 34.6. The smallest absolute Gasteiger partial charge is 0.252 e. The SMILES string of the molecule is Cc1cc2c3c(c1)N1c4c(cccc4-n4c5ccccc5c5cccc1c54)B3c1cc(C(C)(C)C)ccc1N2c1cccc2c1oc1ccccc12. The van der Waals surface area contributed by atoms with Gasteiger partial charge >= 0.3 is 0 Å². The van der Waals surface area contributed by atoms with E-state index in [9.17, 15) is 0 Å². The summed E-state index contributed by atoms with van der Waals surface area (Å²) in [5, 5.41) is 4.84. The second-order valence-corrected chi connectivity index (χ2v) is 15.8. The molecule has 0 N–H and O–H groups in total. The zero-order valence-electron chi connectivity index (χ0n) is 29.5. The van der Waals surface area contributed by atoms with Crippen LogP contribution in [0.2, 0.25) is 0 Å². The molecule has 4 nitrogen and oxygen atoms in total. The average molecular weight is 668 g/mol. The number of fused-ring (bicyclic) bond motifs is 12. The van der Waals surface area contributed by atoms with Crippen LogP contribution in [-0.2, 0) is 5.41 Å². The Balaban J connectivity index is 1.24. The molecule has 0 saturated heterocycles. The van der Waals surface area contributed by atoms with Gasteiger partial charge in [0.05, 0.1) is 33.8 Å². The van der Waals surface area contributed by atoms with Crippen molar-refractivity contribution in [3.63, 3.8) is 0 Å². The molecule has 3 aliphatic rings. The lowest BCUT2D eigenvalue weighted by Gasteiger charge is -2.46. The Labute approximate surface area is 302 Å². The fourth-order valence-corrected chi connectivity index (χ4v) is 9.67. The van der Waals surface area contributed by atoms with E-state index in [2.05, 4.69) is 176 Å². The van der Waals surface area contributed by atoms with E-state index in [4.69, 9.17) is 4.42 Å². The summed E-state index contributed by atoms with van der Waals surface area (Å²) in [6.07, 6.45) is 0. The van der Waals surface area contributed by atoms with Crippen molar-refractivity contribution < 1.29 is 4.42 Å². The highest BCUT2D eigenvalue weighted by Gasteiger charge is 2.46. The molecule has 7 aromatic carbocycles. The van der Waals surface area contributed by atoms with Crippen LogP contribution in [0.15, 0.2) is 138 Å². The summed E-state index contributed by atoms with van der Waals surface area (Å²) in [7, 11) is 0. The summed E-state index contributed by atoms with van der Waals surface area (Å²) >= 11 is 0. The van der Waals surface area contributed by atoms with Crippen LogP contribution in [0, 0.1) is 6.92 Å². The van der Waals surface area contributed by atoms with Gasteiger partial charge in [0.25, 0.3) is 6.71 Å². The number of benzene rings is 7. The van der Waals surface area contributed by atoms with E-state index in [0.717, 1.165) is 27.6 Å². The molecule has 9 aromatic rings. The quantitative estimate of drug-likeness (QED) is 0.163. The Kier molecular flexibility index (Phi) is 5.24. The molecule has 0 aliphatic carbocycles. The molecule has 0 bridgehead atoms. The second kappa shape index (κ2) is 9.57. The fourth-order valence-electron chi connectivity index (χ4n) is 9.67. The molecule has 246 valence electrons. The van der Waals surface area contributed by atoms with Gasteiger partial charge in [0.1, 0.15) is 5.58 Å². The zero-order valence-corrected chi connectivity index (χ0v) is 29.5. The van der Waals surface area contributed by atoms with Gasteiger partial charge in [-0.25, -0.2) is 0 Å². The maximum absolute atomic E-state index is 6.75.